The van der Waals surface area contributed by atoms with E-state index in [2.05, 4.69) is 34.1 Å². The molecule has 24 heavy (non-hydrogen) atoms. The minimum absolute atomic E-state index is 0.258. The van der Waals surface area contributed by atoms with Gasteiger partial charge in [0.15, 0.2) is 0 Å². The lowest BCUT2D eigenvalue weighted by Gasteiger charge is -2.30. The summed E-state index contributed by atoms with van der Waals surface area (Å²) in [6.07, 6.45) is 4.26. The van der Waals surface area contributed by atoms with Crippen LogP contribution in [0, 0.1) is 5.92 Å². The molecule has 1 aliphatic heterocycles. The number of rotatable bonds is 5. The van der Waals surface area contributed by atoms with Crippen molar-refractivity contribution in [2.24, 2.45) is 5.92 Å². The number of piperidine rings is 1. The Morgan fingerprint density at radius 3 is 3.08 bits per heavy atom. The third-order valence-electron chi connectivity index (χ3n) is 4.22. The number of anilines is 1. The van der Waals surface area contributed by atoms with Gasteiger partial charge in [-0.2, -0.15) is 9.50 Å². The van der Waals surface area contributed by atoms with Gasteiger partial charge in [-0.3, -0.25) is 9.59 Å². The number of nitrogens with one attached hydrogen (secondary N) is 1. The Labute approximate surface area is 144 Å². The highest BCUT2D eigenvalue weighted by Crippen LogP contribution is 2.27. The standard InChI is InChI=1S/C16H23N5O2S/c1-3-4-7-17-14(23)12-9-13(22)18-15-21(12)19-16(24-15)20-8-5-6-11(2)10-20/h9,11H,3-8,10H2,1-2H3,(H,17,23)/t11-/m0/s1. The van der Waals surface area contributed by atoms with Gasteiger partial charge in [0.1, 0.15) is 5.69 Å². The Hall–Kier alpha value is -1.96. The van der Waals surface area contributed by atoms with Gasteiger partial charge >= 0.3 is 0 Å². The van der Waals surface area contributed by atoms with Crippen LogP contribution >= 0.6 is 11.3 Å². The Bertz CT molecular complexity index is 784. The smallest absolute Gasteiger partial charge is 0.274 e. The fraction of sp³-hybridized carbons (Fsp3) is 0.625. The van der Waals surface area contributed by atoms with Crippen LogP contribution in [0.3, 0.4) is 0 Å². The van der Waals surface area contributed by atoms with Crippen LogP contribution < -0.4 is 15.8 Å². The van der Waals surface area contributed by atoms with E-state index in [9.17, 15) is 9.59 Å². The molecule has 1 N–H and O–H groups in total. The summed E-state index contributed by atoms with van der Waals surface area (Å²) in [4.78, 5) is 30.9. The number of hydrogen-bond acceptors (Lipinski definition) is 6. The third kappa shape index (κ3) is 3.58. The van der Waals surface area contributed by atoms with Gasteiger partial charge in [-0.05, 0) is 25.2 Å². The zero-order chi connectivity index (χ0) is 17.1. The van der Waals surface area contributed by atoms with Crippen molar-refractivity contribution in [2.75, 3.05) is 24.5 Å². The molecular formula is C16H23N5O2S. The van der Waals surface area contributed by atoms with E-state index in [0.717, 1.165) is 37.5 Å². The predicted octanol–water partition coefficient (Wildman–Crippen LogP) is 1.92. The average molecular weight is 349 g/mol. The Kier molecular flexibility index (Phi) is 5.13. The van der Waals surface area contributed by atoms with Crippen molar-refractivity contribution in [3.8, 4) is 0 Å². The molecule has 7 nitrogen and oxygen atoms in total. The van der Waals surface area contributed by atoms with E-state index in [1.165, 1.54) is 28.3 Å². The summed E-state index contributed by atoms with van der Waals surface area (Å²) in [7, 11) is 0. The van der Waals surface area contributed by atoms with E-state index >= 15 is 0 Å². The molecule has 0 bridgehead atoms. The summed E-state index contributed by atoms with van der Waals surface area (Å²) in [5, 5.41) is 8.22. The van der Waals surface area contributed by atoms with Crippen molar-refractivity contribution >= 4 is 27.3 Å². The normalized spacial score (nSPS) is 18.1. The van der Waals surface area contributed by atoms with Gasteiger partial charge in [-0.15, -0.1) is 5.10 Å². The molecule has 0 aromatic carbocycles. The van der Waals surface area contributed by atoms with E-state index in [1.54, 1.807) is 0 Å². The first-order chi connectivity index (χ1) is 11.6. The van der Waals surface area contributed by atoms with Gasteiger partial charge < -0.3 is 10.2 Å². The van der Waals surface area contributed by atoms with Gasteiger partial charge in [-0.25, -0.2) is 0 Å². The van der Waals surface area contributed by atoms with Crippen molar-refractivity contribution in [2.45, 2.75) is 39.5 Å². The van der Waals surface area contributed by atoms with Crippen LogP contribution in [0.1, 0.15) is 50.0 Å². The number of unbranched alkanes of at least 4 members (excludes halogenated alkanes) is 1. The fourth-order valence-electron chi connectivity index (χ4n) is 2.93. The molecule has 1 fully saturated rings. The molecule has 2 aromatic rings. The largest absolute Gasteiger partial charge is 0.351 e. The molecule has 1 saturated heterocycles. The van der Waals surface area contributed by atoms with Crippen molar-refractivity contribution in [3.63, 3.8) is 0 Å². The zero-order valence-corrected chi connectivity index (χ0v) is 14.9. The number of carbonyl (C=O) groups is 1. The first kappa shape index (κ1) is 16.9. The minimum atomic E-state index is -0.405. The molecule has 8 heteroatoms. The van der Waals surface area contributed by atoms with Crippen LogP contribution in [0.4, 0.5) is 5.13 Å². The molecule has 0 radical (unpaired) electrons. The van der Waals surface area contributed by atoms with E-state index in [0.29, 0.717) is 17.4 Å². The molecule has 1 aliphatic rings. The third-order valence-corrected chi connectivity index (χ3v) is 5.19. The second-order valence-electron chi connectivity index (χ2n) is 6.36. The number of aromatic nitrogens is 3. The second-order valence-corrected chi connectivity index (χ2v) is 7.30. The van der Waals surface area contributed by atoms with Crippen molar-refractivity contribution in [3.05, 3.63) is 22.1 Å². The lowest BCUT2D eigenvalue weighted by atomic mass is 10.0. The molecule has 1 atom stereocenters. The first-order valence-corrected chi connectivity index (χ1v) is 9.34. The molecule has 3 heterocycles. The molecule has 0 saturated carbocycles. The van der Waals surface area contributed by atoms with E-state index < -0.39 is 5.56 Å². The molecule has 3 rings (SSSR count). The molecular weight excluding hydrogens is 326 g/mol. The minimum Gasteiger partial charge on any atom is -0.351 e. The highest BCUT2D eigenvalue weighted by Gasteiger charge is 2.22. The topological polar surface area (TPSA) is 79.6 Å². The SMILES string of the molecule is CCCCNC(=O)c1cc(=O)nc2sc(N3CCC[C@H](C)C3)nn12. The maximum absolute atomic E-state index is 12.4. The number of carbonyl (C=O) groups excluding carboxylic acids is 1. The highest BCUT2D eigenvalue weighted by atomic mass is 32.1. The Balaban J connectivity index is 1.92. The van der Waals surface area contributed by atoms with Crippen LogP contribution in [0.2, 0.25) is 0 Å². The molecule has 130 valence electrons. The summed E-state index contributed by atoms with van der Waals surface area (Å²) >= 11 is 1.37. The lowest BCUT2D eigenvalue weighted by molar-refractivity contribution is 0.0945. The monoisotopic (exact) mass is 349 g/mol. The van der Waals surface area contributed by atoms with Gasteiger partial charge in [0.2, 0.25) is 10.1 Å². The summed E-state index contributed by atoms with van der Waals surface area (Å²) in [6.45, 7) is 6.78. The number of amides is 1. The molecule has 0 aliphatic carbocycles. The van der Waals surface area contributed by atoms with Gasteiger partial charge in [0.25, 0.3) is 11.5 Å². The van der Waals surface area contributed by atoms with Gasteiger partial charge in [-0.1, -0.05) is 31.6 Å². The van der Waals surface area contributed by atoms with E-state index in [-0.39, 0.29) is 11.6 Å². The van der Waals surface area contributed by atoms with Crippen LogP contribution in [-0.2, 0) is 0 Å². The number of fused-ring (bicyclic) bond motifs is 1. The van der Waals surface area contributed by atoms with Crippen molar-refractivity contribution < 1.29 is 4.79 Å². The molecule has 2 aromatic heterocycles. The zero-order valence-electron chi connectivity index (χ0n) is 14.1. The lowest BCUT2D eigenvalue weighted by Crippen LogP contribution is -2.34. The number of hydrogen-bond donors (Lipinski definition) is 1. The van der Waals surface area contributed by atoms with Crippen LogP contribution in [0.15, 0.2) is 10.9 Å². The summed E-state index contributed by atoms with van der Waals surface area (Å²) in [6, 6.07) is 1.26. The second kappa shape index (κ2) is 7.29. The first-order valence-electron chi connectivity index (χ1n) is 8.52. The van der Waals surface area contributed by atoms with Gasteiger partial charge in [0.05, 0.1) is 0 Å². The van der Waals surface area contributed by atoms with Crippen molar-refractivity contribution in [1.29, 1.82) is 0 Å². The molecule has 1 amide bonds. The van der Waals surface area contributed by atoms with E-state index in [1.807, 2.05) is 0 Å². The summed E-state index contributed by atoms with van der Waals surface area (Å²) in [5.41, 5.74) is -0.147. The Morgan fingerprint density at radius 1 is 1.50 bits per heavy atom. The molecule has 0 unspecified atom stereocenters. The predicted molar refractivity (Wildman–Crippen MR) is 95.0 cm³/mol. The maximum atomic E-state index is 12.4. The van der Waals surface area contributed by atoms with E-state index in [4.69, 9.17) is 0 Å². The quantitative estimate of drug-likeness (QED) is 0.834. The van der Waals surface area contributed by atoms with Crippen LogP contribution in [0.5, 0.6) is 0 Å². The maximum Gasteiger partial charge on any atom is 0.274 e. The Morgan fingerprint density at radius 2 is 2.33 bits per heavy atom. The highest BCUT2D eigenvalue weighted by molar-refractivity contribution is 7.20. The summed E-state index contributed by atoms with van der Waals surface area (Å²) in [5.74, 6) is 0.345. The molecule has 0 spiro atoms. The fourth-order valence-corrected chi connectivity index (χ4v) is 3.87. The average Bonchev–Trinajstić information content (AvgIpc) is 2.98. The van der Waals surface area contributed by atoms with Crippen molar-refractivity contribution in [1.82, 2.24) is 19.9 Å². The van der Waals surface area contributed by atoms with Crippen LogP contribution in [0.25, 0.3) is 4.96 Å². The summed E-state index contributed by atoms with van der Waals surface area (Å²) < 4.78 is 1.50. The van der Waals surface area contributed by atoms with Crippen LogP contribution in [-0.4, -0.2) is 40.1 Å². The number of nitrogens with zero attached hydrogens (tertiary/aromatic N) is 4. The van der Waals surface area contributed by atoms with Gasteiger partial charge in [0, 0.05) is 25.7 Å².